The molecule has 1 aromatic carbocycles. The van der Waals surface area contributed by atoms with Gasteiger partial charge in [0, 0.05) is 30.8 Å². The molecule has 1 fully saturated rings. The van der Waals surface area contributed by atoms with Gasteiger partial charge in [-0.2, -0.15) is 0 Å². The van der Waals surface area contributed by atoms with E-state index in [1.54, 1.807) is 14.2 Å². The molecule has 1 aliphatic heterocycles. The van der Waals surface area contributed by atoms with Crippen molar-refractivity contribution < 1.29 is 9.47 Å². The maximum atomic E-state index is 5.50. The van der Waals surface area contributed by atoms with Crippen LogP contribution in [0.3, 0.4) is 0 Å². The Morgan fingerprint density at radius 3 is 2.78 bits per heavy atom. The fourth-order valence-electron chi connectivity index (χ4n) is 2.48. The second kappa shape index (κ2) is 6.07. The number of methoxy groups -OCH3 is 2. The van der Waals surface area contributed by atoms with Gasteiger partial charge < -0.3 is 14.8 Å². The topological polar surface area (TPSA) is 33.7 Å². The third-order valence-electron chi connectivity index (χ3n) is 3.57. The van der Waals surface area contributed by atoms with Gasteiger partial charge >= 0.3 is 0 Å². The second-order valence-electron chi connectivity index (χ2n) is 4.64. The van der Waals surface area contributed by atoms with Gasteiger partial charge in [-0.25, -0.2) is 0 Å². The highest BCUT2D eigenvalue weighted by Crippen LogP contribution is 2.34. The first kappa shape index (κ1) is 13.2. The van der Waals surface area contributed by atoms with E-state index in [1.807, 2.05) is 12.1 Å². The van der Waals surface area contributed by atoms with Crippen LogP contribution in [-0.4, -0.2) is 45.8 Å². The highest BCUT2D eigenvalue weighted by molar-refractivity contribution is 5.42. The van der Waals surface area contributed by atoms with Crippen molar-refractivity contribution in [2.45, 2.75) is 12.5 Å². The van der Waals surface area contributed by atoms with Crippen LogP contribution in [0.15, 0.2) is 18.2 Å². The van der Waals surface area contributed by atoms with Crippen LogP contribution in [0, 0.1) is 0 Å². The molecule has 100 valence electrons. The Hall–Kier alpha value is -1.26. The molecule has 0 radical (unpaired) electrons. The third kappa shape index (κ3) is 2.76. The molecule has 1 aliphatic rings. The van der Waals surface area contributed by atoms with Crippen molar-refractivity contribution in [3.8, 4) is 11.5 Å². The molecule has 1 heterocycles. The van der Waals surface area contributed by atoms with Gasteiger partial charge in [-0.3, -0.25) is 4.90 Å². The number of nitrogens with one attached hydrogen (secondary N) is 1. The van der Waals surface area contributed by atoms with Crippen molar-refractivity contribution in [2.24, 2.45) is 0 Å². The van der Waals surface area contributed by atoms with Gasteiger partial charge in [0.25, 0.3) is 0 Å². The summed E-state index contributed by atoms with van der Waals surface area (Å²) in [7, 11) is 5.56. The van der Waals surface area contributed by atoms with Gasteiger partial charge in [-0.15, -0.1) is 0 Å². The van der Waals surface area contributed by atoms with Crippen LogP contribution < -0.4 is 14.8 Å². The van der Waals surface area contributed by atoms with Crippen molar-refractivity contribution in [1.29, 1.82) is 0 Å². The van der Waals surface area contributed by atoms with E-state index >= 15 is 0 Å². The fraction of sp³-hybridized carbons (Fsp3) is 0.571. The summed E-state index contributed by atoms with van der Waals surface area (Å²) < 4.78 is 10.7. The predicted octanol–water partition coefficient (Wildman–Crippen LogP) is 1.67. The minimum atomic E-state index is 0.404. The van der Waals surface area contributed by atoms with Crippen molar-refractivity contribution in [3.05, 3.63) is 23.8 Å². The van der Waals surface area contributed by atoms with Gasteiger partial charge in [0.1, 0.15) is 11.5 Å². The predicted molar refractivity (Wildman–Crippen MR) is 72.4 cm³/mol. The van der Waals surface area contributed by atoms with E-state index < -0.39 is 0 Å². The quantitative estimate of drug-likeness (QED) is 0.885. The summed E-state index contributed by atoms with van der Waals surface area (Å²) in [6.45, 7) is 3.15. The zero-order valence-electron chi connectivity index (χ0n) is 11.4. The van der Waals surface area contributed by atoms with Gasteiger partial charge in [0.15, 0.2) is 0 Å². The molecule has 1 N–H and O–H groups in total. The summed E-state index contributed by atoms with van der Waals surface area (Å²) in [4.78, 5) is 2.38. The smallest absolute Gasteiger partial charge is 0.127 e. The Bertz CT molecular complexity index is 395. The lowest BCUT2D eigenvalue weighted by Crippen LogP contribution is -2.27. The van der Waals surface area contributed by atoms with Crippen molar-refractivity contribution in [3.63, 3.8) is 0 Å². The molecule has 0 aromatic heterocycles. The lowest BCUT2D eigenvalue weighted by Gasteiger charge is -2.27. The minimum Gasteiger partial charge on any atom is -0.497 e. The van der Waals surface area contributed by atoms with E-state index in [0.29, 0.717) is 6.04 Å². The first-order valence-electron chi connectivity index (χ1n) is 6.39. The van der Waals surface area contributed by atoms with Crippen molar-refractivity contribution >= 4 is 0 Å². The van der Waals surface area contributed by atoms with Crippen LogP contribution in [0.2, 0.25) is 0 Å². The van der Waals surface area contributed by atoms with Gasteiger partial charge in [-0.1, -0.05) is 6.07 Å². The Kier molecular flexibility index (Phi) is 4.44. The lowest BCUT2D eigenvalue weighted by atomic mass is 10.0. The number of ether oxygens (including phenoxy) is 2. The summed E-state index contributed by atoms with van der Waals surface area (Å²) in [5.74, 6) is 1.75. The average Bonchev–Trinajstić information content (AvgIpc) is 2.62. The fourth-order valence-corrected chi connectivity index (χ4v) is 2.48. The van der Waals surface area contributed by atoms with Crippen LogP contribution >= 0.6 is 0 Å². The maximum absolute atomic E-state index is 5.50. The standard InChI is InChI=1S/C14H22N2O2/c1-16-9-8-15-7-6-13(16)12-5-4-11(17-2)10-14(12)18-3/h4-5,10,13,15H,6-9H2,1-3H3. The van der Waals surface area contributed by atoms with Crippen LogP contribution in [-0.2, 0) is 0 Å². The lowest BCUT2D eigenvalue weighted by molar-refractivity contribution is 0.251. The third-order valence-corrected chi connectivity index (χ3v) is 3.57. The number of likely N-dealkylation sites (N-methyl/N-ethyl adjacent to an activating group) is 1. The van der Waals surface area contributed by atoms with Crippen LogP contribution in [0.5, 0.6) is 11.5 Å². The number of hydrogen-bond donors (Lipinski definition) is 1. The van der Waals surface area contributed by atoms with E-state index in [-0.39, 0.29) is 0 Å². The monoisotopic (exact) mass is 250 g/mol. The number of benzene rings is 1. The highest BCUT2D eigenvalue weighted by atomic mass is 16.5. The first-order chi connectivity index (χ1) is 8.76. The molecule has 1 saturated heterocycles. The summed E-state index contributed by atoms with van der Waals surface area (Å²) in [5, 5.41) is 3.43. The molecule has 0 aliphatic carbocycles. The van der Waals surface area contributed by atoms with Gasteiger partial charge in [0.2, 0.25) is 0 Å². The molecule has 2 rings (SSSR count). The Morgan fingerprint density at radius 2 is 2.06 bits per heavy atom. The molecule has 0 amide bonds. The SMILES string of the molecule is COc1ccc(C2CCNCCN2C)c(OC)c1. The molecule has 18 heavy (non-hydrogen) atoms. The molecule has 4 nitrogen and oxygen atoms in total. The minimum absolute atomic E-state index is 0.404. The van der Waals surface area contributed by atoms with E-state index in [9.17, 15) is 0 Å². The molecule has 1 atom stereocenters. The van der Waals surface area contributed by atoms with E-state index in [0.717, 1.165) is 37.6 Å². The molecule has 1 unspecified atom stereocenters. The molecule has 4 heteroatoms. The second-order valence-corrected chi connectivity index (χ2v) is 4.64. The first-order valence-corrected chi connectivity index (χ1v) is 6.39. The number of hydrogen-bond acceptors (Lipinski definition) is 4. The van der Waals surface area contributed by atoms with Crippen molar-refractivity contribution in [1.82, 2.24) is 10.2 Å². The maximum Gasteiger partial charge on any atom is 0.127 e. The zero-order valence-corrected chi connectivity index (χ0v) is 11.4. The van der Waals surface area contributed by atoms with E-state index in [4.69, 9.17) is 9.47 Å². The van der Waals surface area contributed by atoms with Crippen LogP contribution in [0.4, 0.5) is 0 Å². The summed E-state index contributed by atoms with van der Waals surface area (Å²) in [5.41, 5.74) is 1.24. The molecular weight excluding hydrogens is 228 g/mol. The Labute approximate surface area is 109 Å². The van der Waals surface area contributed by atoms with Gasteiger partial charge in [0.05, 0.1) is 14.2 Å². The van der Waals surface area contributed by atoms with Crippen molar-refractivity contribution in [2.75, 3.05) is 40.9 Å². The number of nitrogens with zero attached hydrogens (tertiary/aromatic N) is 1. The molecule has 1 aromatic rings. The molecule has 0 bridgehead atoms. The van der Waals surface area contributed by atoms with E-state index in [1.165, 1.54) is 5.56 Å². The van der Waals surface area contributed by atoms with E-state index in [2.05, 4.69) is 23.3 Å². The normalized spacial score (nSPS) is 21.4. The average molecular weight is 250 g/mol. The van der Waals surface area contributed by atoms with Gasteiger partial charge in [-0.05, 0) is 26.1 Å². The Balaban J connectivity index is 2.30. The summed E-state index contributed by atoms with van der Waals surface area (Å²) in [6, 6.07) is 6.48. The number of rotatable bonds is 3. The summed E-state index contributed by atoms with van der Waals surface area (Å²) >= 11 is 0. The molecular formula is C14H22N2O2. The zero-order chi connectivity index (χ0) is 13.0. The van der Waals surface area contributed by atoms with Crippen LogP contribution in [0.25, 0.3) is 0 Å². The highest BCUT2D eigenvalue weighted by Gasteiger charge is 2.22. The molecule has 0 spiro atoms. The van der Waals surface area contributed by atoms with Crippen LogP contribution in [0.1, 0.15) is 18.0 Å². The Morgan fingerprint density at radius 1 is 1.22 bits per heavy atom. The molecule has 0 saturated carbocycles. The largest absolute Gasteiger partial charge is 0.497 e. The summed E-state index contributed by atoms with van der Waals surface area (Å²) in [6.07, 6.45) is 1.10.